The fraction of sp³-hybridized carbons (Fsp3) is 0.176. The van der Waals surface area contributed by atoms with E-state index < -0.39 is 6.10 Å². The van der Waals surface area contributed by atoms with Crippen LogP contribution < -0.4 is 4.74 Å². The predicted octanol–water partition coefficient (Wildman–Crippen LogP) is 3.74. The van der Waals surface area contributed by atoms with Gasteiger partial charge in [-0.3, -0.25) is 0 Å². The zero-order valence-corrected chi connectivity index (χ0v) is 14.0. The van der Waals surface area contributed by atoms with Gasteiger partial charge >= 0.3 is 0 Å². The molecule has 3 aromatic rings. The van der Waals surface area contributed by atoms with Crippen LogP contribution in [-0.4, -0.2) is 33.2 Å². The second kappa shape index (κ2) is 8.10. The van der Waals surface area contributed by atoms with E-state index in [1.165, 1.54) is 11.5 Å². The maximum Gasteiger partial charge on any atom is 0.119 e. The van der Waals surface area contributed by atoms with Crippen molar-refractivity contribution in [1.29, 1.82) is 0 Å². The van der Waals surface area contributed by atoms with Crippen LogP contribution in [0.1, 0.15) is 0 Å². The fourth-order valence-corrected chi connectivity index (χ4v) is 3.26. The van der Waals surface area contributed by atoms with Crippen LogP contribution >= 0.6 is 23.3 Å². The van der Waals surface area contributed by atoms with Crippen molar-refractivity contribution < 1.29 is 9.84 Å². The van der Waals surface area contributed by atoms with Crippen molar-refractivity contribution >= 4 is 23.3 Å². The van der Waals surface area contributed by atoms with Gasteiger partial charge in [0.05, 0.1) is 6.10 Å². The monoisotopic (exact) mass is 344 g/mol. The topological polar surface area (TPSA) is 55.2 Å². The molecule has 0 bridgehead atoms. The van der Waals surface area contributed by atoms with Crippen molar-refractivity contribution in [2.24, 2.45) is 0 Å². The minimum atomic E-state index is -0.511. The highest BCUT2D eigenvalue weighted by atomic mass is 32.2. The molecule has 4 nitrogen and oxygen atoms in total. The first-order chi connectivity index (χ1) is 11.3. The van der Waals surface area contributed by atoms with Crippen molar-refractivity contribution in [1.82, 2.24) is 9.59 Å². The van der Waals surface area contributed by atoms with Crippen molar-refractivity contribution in [3.63, 3.8) is 0 Å². The second-order valence-electron chi connectivity index (χ2n) is 4.90. The van der Waals surface area contributed by atoms with E-state index >= 15 is 0 Å². The zero-order chi connectivity index (χ0) is 15.9. The van der Waals surface area contributed by atoms with Gasteiger partial charge in [0.1, 0.15) is 18.1 Å². The third-order valence-corrected chi connectivity index (χ3v) is 4.80. The van der Waals surface area contributed by atoms with Gasteiger partial charge in [-0.2, -0.15) is 0 Å². The molecule has 0 unspecified atom stereocenters. The minimum Gasteiger partial charge on any atom is -0.491 e. The van der Waals surface area contributed by atoms with Crippen LogP contribution in [-0.2, 0) is 0 Å². The molecule has 1 aromatic heterocycles. The summed E-state index contributed by atoms with van der Waals surface area (Å²) in [5, 5.41) is 15.9. The summed E-state index contributed by atoms with van der Waals surface area (Å²) in [6.07, 6.45) is -0.511. The van der Waals surface area contributed by atoms with Gasteiger partial charge < -0.3 is 9.84 Å². The summed E-state index contributed by atoms with van der Waals surface area (Å²) in [5.74, 6) is 1.34. The van der Waals surface area contributed by atoms with E-state index in [4.69, 9.17) is 4.74 Å². The highest BCUT2D eigenvalue weighted by molar-refractivity contribution is 7.99. The molecule has 0 saturated heterocycles. The molecule has 118 valence electrons. The molecule has 0 amide bonds. The Morgan fingerprint density at radius 1 is 1.09 bits per heavy atom. The van der Waals surface area contributed by atoms with E-state index in [9.17, 15) is 5.11 Å². The Morgan fingerprint density at radius 3 is 2.57 bits per heavy atom. The Kier molecular flexibility index (Phi) is 5.63. The van der Waals surface area contributed by atoms with E-state index in [0.29, 0.717) is 5.75 Å². The van der Waals surface area contributed by atoms with Crippen LogP contribution in [0.3, 0.4) is 0 Å². The molecule has 6 heteroatoms. The largest absolute Gasteiger partial charge is 0.491 e. The number of nitrogens with zero attached hydrogens (tertiary/aromatic N) is 2. The summed E-state index contributed by atoms with van der Waals surface area (Å²) in [6, 6.07) is 17.7. The highest BCUT2D eigenvalue weighted by Crippen LogP contribution is 2.22. The molecule has 1 heterocycles. The number of ether oxygens (including phenoxy) is 1. The van der Waals surface area contributed by atoms with Crippen LogP contribution in [0.15, 0.2) is 64.9 Å². The molecule has 1 N–H and O–H groups in total. The number of aliphatic hydroxyl groups excluding tert-OH is 1. The molecule has 0 aliphatic heterocycles. The lowest BCUT2D eigenvalue weighted by Crippen LogP contribution is -2.19. The van der Waals surface area contributed by atoms with Crippen LogP contribution in [0.2, 0.25) is 0 Å². The molecule has 0 radical (unpaired) electrons. The molecule has 0 fully saturated rings. The number of aromatic nitrogens is 2. The lowest BCUT2D eigenvalue weighted by atomic mass is 10.2. The van der Waals surface area contributed by atoms with Crippen LogP contribution in [0.5, 0.6) is 5.75 Å². The maximum atomic E-state index is 10.0. The Hall–Kier alpha value is -1.89. The number of hydrogen-bond acceptors (Lipinski definition) is 6. The number of aliphatic hydroxyl groups is 1. The normalized spacial score (nSPS) is 12.0. The Bertz CT molecular complexity index is 703. The van der Waals surface area contributed by atoms with Gasteiger partial charge in [-0.05, 0) is 47.9 Å². The predicted molar refractivity (Wildman–Crippen MR) is 94.0 cm³/mol. The van der Waals surface area contributed by atoms with Gasteiger partial charge in [0.15, 0.2) is 0 Å². The Morgan fingerprint density at radius 2 is 1.87 bits per heavy atom. The average molecular weight is 344 g/mol. The zero-order valence-electron chi connectivity index (χ0n) is 12.3. The van der Waals surface area contributed by atoms with Gasteiger partial charge in [0.2, 0.25) is 0 Å². The van der Waals surface area contributed by atoms with Gasteiger partial charge in [-0.25, -0.2) is 0 Å². The molecule has 2 aromatic carbocycles. The summed E-state index contributed by atoms with van der Waals surface area (Å²) in [6.45, 7) is 0.275. The van der Waals surface area contributed by atoms with Gasteiger partial charge in [0, 0.05) is 21.6 Å². The quantitative estimate of drug-likeness (QED) is 0.662. The van der Waals surface area contributed by atoms with Crippen molar-refractivity contribution in [3.8, 4) is 17.0 Å². The molecular formula is C17H16N2O2S2. The lowest BCUT2D eigenvalue weighted by molar-refractivity contribution is 0.126. The summed E-state index contributed by atoms with van der Waals surface area (Å²) < 4.78 is 9.48. The molecule has 3 rings (SSSR count). The third-order valence-electron chi connectivity index (χ3n) is 3.14. The molecule has 1 atom stereocenters. The highest BCUT2D eigenvalue weighted by Gasteiger charge is 2.07. The third kappa shape index (κ3) is 4.79. The maximum absolute atomic E-state index is 10.0. The molecule has 0 aliphatic rings. The van der Waals surface area contributed by atoms with Crippen molar-refractivity contribution in [2.75, 3.05) is 12.4 Å². The second-order valence-corrected chi connectivity index (χ2v) is 6.61. The molecule has 0 aliphatic carbocycles. The SMILES string of the molecule is O[C@@H](COc1ccc(-c2csnn2)cc1)CSc1ccccc1. The van der Waals surface area contributed by atoms with Crippen LogP contribution in [0, 0.1) is 0 Å². The minimum absolute atomic E-state index is 0.275. The average Bonchev–Trinajstić information content (AvgIpc) is 3.14. The number of benzene rings is 2. The van der Waals surface area contributed by atoms with E-state index in [1.807, 2.05) is 60.0 Å². The van der Waals surface area contributed by atoms with E-state index in [-0.39, 0.29) is 6.61 Å². The fourth-order valence-electron chi connectivity index (χ4n) is 1.96. The summed E-state index contributed by atoms with van der Waals surface area (Å²) in [7, 11) is 0. The number of hydrogen-bond donors (Lipinski definition) is 1. The number of rotatable bonds is 7. The molecule has 0 spiro atoms. The summed E-state index contributed by atoms with van der Waals surface area (Å²) in [4.78, 5) is 1.15. The van der Waals surface area contributed by atoms with E-state index in [2.05, 4.69) is 9.59 Å². The van der Waals surface area contributed by atoms with Crippen molar-refractivity contribution in [3.05, 3.63) is 60.0 Å². The first-order valence-corrected chi connectivity index (χ1v) is 9.00. The molecule has 0 saturated carbocycles. The van der Waals surface area contributed by atoms with Gasteiger partial charge in [0.25, 0.3) is 0 Å². The van der Waals surface area contributed by atoms with E-state index in [0.717, 1.165) is 21.9 Å². The summed E-state index contributed by atoms with van der Waals surface area (Å²) >= 11 is 2.95. The molecule has 23 heavy (non-hydrogen) atoms. The standard InChI is InChI=1S/C17H16N2O2S2/c20-14(11-22-16-4-2-1-3-5-16)10-21-15-8-6-13(7-9-15)17-12-23-19-18-17/h1-9,12,14,20H,10-11H2/t14-/m0/s1. The first kappa shape index (κ1) is 16.0. The Labute approximate surface area is 143 Å². The lowest BCUT2D eigenvalue weighted by Gasteiger charge is -2.12. The number of thioether (sulfide) groups is 1. The Balaban J connectivity index is 1.46. The smallest absolute Gasteiger partial charge is 0.119 e. The van der Waals surface area contributed by atoms with E-state index in [1.54, 1.807) is 11.8 Å². The van der Waals surface area contributed by atoms with Crippen molar-refractivity contribution in [2.45, 2.75) is 11.0 Å². The summed E-state index contributed by atoms with van der Waals surface area (Å²) in [5.41, 5.74) is 1.87. The molecular weight excluding hydrogens is 328 g/mol. The van der Waals surface area contributed by atoms with Gasteiger partial charge in [-0.1, -0.05) is 22.7 Å². The van der Waals surface area contributed by atoms with Crippen LogP contribution in [0.25, 0.3) is 11.3 Å². The van der Waals surface area contributed by atoms with Gasteiger partial charge in [-0.15, -0.1) is 16.9 Å². The van der Waals surface area contributed by atoms with Crippen LogP contribution in [0.4, 0.5) is 0 Å². The first-order valence-electron chi connectivity index (χ1n) is 7.17.